The van der Waals surface area contributed by atoms with Crippen LogP contribution in [-0.2, 0) is 0 Å². The molecule has 2 aromatic rings. The van der Waals surface area contributed by atoms with Crippen molar-refractivity contribution in [2.75, 3.05) is 5.32 Å². The summed E-state index contributed by atoms with van der Waals surface area (Å²) in [5.74, 6) is -0.146. The maximum Gasteiger partial charge on any atom is 0.146 e. The average Bonchev–Trinajstić information content (AvgIpc) is 2.43. The molecule has 4 heteroatoms. The number of anilines is 1. The lowest BCUT2D eigenvalue weighted by atomic mass is 10.1. The lowest BCUT2D eigenvalue weighted by molar-refractivity contribution is 0.242. The van der Waals surface area contributed by atoms with E-state index in [2.05, 4.69) is 5.32 Å². The quantitative estimate of drug-likeness (QED) is 0.843. The summed E-state index contributed by atoms with van der Waals surface area (Å²) >= 11 is 0. The topological polar surface area (TPSA) is 21.3 Å². The van der Waals surface area contributed by atoms with Gasteiger partial charge in [-0.15, -0.1) is 0 Å². The molecule has 0 aliphatic rings. The Hall–Kier alpha value is -2.10. The predicted molar refractivity (Wildman–Crippen MR) is 80.6 cm³/mol. The molecule has 0 saturated heterocycles. The molecule has 0 aromatic heterocycles. The van der Waals surface area contributed by atoms with E-state index >= 15 is 0 Å². The van der Waals surface area contributed by atoms with E-state index < -0.39 is 11.6 Å². The van der Waals surface area contributed by atoms with E-state index in [1.807, 2.05) is 45.0 Å². The Morgan fingerprint density at radius 3 is 2.24 bits per heavy atom. The van der Waals surface area contributed by atoms with Crippen LogP contribution in [0.3, 0.4) is 0 Å². The Labute approximate surface area is 123 Å². The third kappa shape index (κ3) is 4.18. The number of benzene rings is 2. The number of hydrogen-bond donors (Lipinski definition) is 1. The normalized spacial score (nSPS) is 12.3. The van der Waals surface area contributed by atoms with E-state index in [9.17, 15) is 8.78 Å². The van der Waals surface area contributed by atoms with Gasteiger partial charge in [-0.1, -0.05) is 12.1 Å². The molecule has 0 bridgehead atoms. The monoisotopic (exact) mass is 291 g/mol. The van der Waals surface area contributed by atoms with Crippen LogP contribution in [0.4, 0.5) is 14.5 Å². The molecule has 21 heavy (non-hydrogen) atoms. The fourth-order valence-electron chi connectivity index (χ4n) is 2.03. The highest BCUT2D eigenvalue weighted by atomic mass is 19.1. The molecule has 0 aliphatic carbocycles. The number of hydrogen-bond acceptors (Lipinski definition) is 2. The minimum absolute atomic E-state index is 0.118. The molecule has 2 nitrogen and oxygen atoms in total. The van der Waals surface area contributed by atoms with Crippen LogP contribution in [0.1, 0.15) is 32.4 Å². The summed E-state index contributed by atoms with van der Waals surface area (Å²) < 4.78 is 32.3. The van der Waals surface area contributed by atoms with Gasteiger partial charge in [0.05, 0.1) is 11.8 Å². The molecule has 0 heterocycles. The van der Waals surface area contributed by atoms with Gasteiger partial charge >= 0.3 is 0 Å². The van der Waals surface area contributed by atoms with Crippen LogP contribution in [0, 0.1) is 11.6 Å². The van der Waals surface area contributed by atoms with Gasteiger partial charge in [-0.3, -0.25) is 0 Å². The minimum Gasteiger partial charge on any atom is -0.491 e. The van der Waals surface area contributed by atoms with E-state index in [1.54, 1.807) is 0 Å². The molecule has 112 valence electrons. The summed E-state index contributed by atoms with van der Waals surface area (Å²) in [5.41, 5.74) is 1.12. The molecule has 0 radical (unpaired) electrons. The SMILES string of the molecule is CC(C)Oc1ccc(C(C)Nc2cc(F)ccc2F)cc1. The van der Waals surface area contributed by atoms with Crippen molar-refractivity contribution in [2.24, 2.45) is 0 Å². The van der Waals surface area contributed by atoms with Crippen LogP contribution in [0.15, 0.2) is 42.5 Å². The van der Waals surface area contributed by atoms with Crippen molar-refractivity contribution in [2.45, 2.75) is 32.9 Å². The third-order valence-corrected chi connectivity index (χ3v) is 3.05. The highest BCUT2D eigenvalue weighted by Gasteiger charge is 2.10. The zero-order valence-electron chi connectivity index (χ0n) is 12.4. The second kappa shape index (κ2) is 6.57. The van der Waals surface area contributed by atoms with Crippen molar-refractivity contribution in [3.8, 4) is 5.75 Å². The molecule has 1 unspecified atom stereocenters. The van der Waals surface area contributed by atoms with Gasteiger partial charge in [0.2, 0.25) is 0 Å². The molecule has 0 spiro atoms. The summed E-state index contributed by atoms with van der Waals surface area (Å²) in [6, 6.07) is 10.8. The van der Waals surface area contributed by atoms with Gasteiger partial charge in [-0.2, -0.15) is 0 Å². The van der Waals surface area contributed by atoms with E-state index in [0.717, 1.165) is 29.5 Å². The van der Waals surface area contributed by atoms with Crippen LogP contribution >= 0.6 is 0 Å². The number of halogens is 2. The van der Waals surface area contributed by atoms with E-state index in [0.29, 0.717) is 0 Å². The smallest absolute Gasteiger partial charge is 0.146 e. The van der Waals surface area contributed by atoms with E-state index in [-0.39, 0.29) is 17.8 Å². The molecule has 0 saturated carbocycles. The highest BCUT2D eigenvalue weighted by Crippen LogP contribution is 2.24. The predicted octanol–water partition coefficient (Wildman–Crippen LogP) is 4.93. The van der Waals surface area contributed by atoms with Crippen molar-refractivity contribution in [1.82, 2.24) is 0 Å². The van der Waals surface area contributed by atoms with E-state index in [4.69, 9.17) is 4.74 Å². The average molecular weight is 291 g/mol. The van der Waals surface area contributed by atoms with Crippen molar-refractivity contribution in [3.05, 3.63) is 59.7 Å². The van der Waals surface area contributed by atoms with Gasteiger partial charge in [0.15, 0.2) is 0 Å². The zero-order chi connectivity index (χ0) is 15.4. The molecular weight excluding hydrogens is 272 g/mol. The fourth-order valence-corrected chi connectivity index (χ4v) is 2.03. The summed E-state index contributed by atoms with van der Waals surface area (Å²) in [7, 11) is 0. The van der Waals surface area contributed by atoms with Crippen LogP contribution in [0.2, 0.25) is 0 Å². The second-order valence-electron chi connectivity index (χ2n) is 5.23. The van der Waals surface area contributed by atoms with Crippen molar-refractivity contribution >= 4 is 5.69 Å². The number of nitrogens with one attached hydrogen (secondary N) is 1. The minimum atomic E-state index is -0.469. The molecule has 2 aromatic carbocycles. The lowest BCUT2D eigenvalue weighted by Gasteiger charge is -2.17. The lowest BCUT2D eigenvalue weighted by Crippen LogP contribution is -2.09. The summed E-state index contributed by atoms with van der Waals surface area (Å²) in [6.07, 6.45) is 0.118. The molecule has 2 rings (SSSR count). The summed E-state index contributed by atoms with van der Waals surface area (Å²) in [6.45, 7) is 5.82. The molecule has 1 atom stereocenters. The Morgan fingerprint density at radius 2 is 1.62 bits per heavy atom. The van der Waals surface area contributed by atoms with Crippen LogP contribution in [0.5, 0.6) is 5.75 Å². The number of ether oxygens (including phenoxy) is 1. The standard InChI is InChI=1S/C17H19F2NO/c1-11(2)21-15-7-4-13(5-8-15)12(3)20-17-10-14(18)6-9-16(17)19/h4-12,20H,1-3H3. The molecule has 0 fully saturated rings. The first kappa shape index (κ1) is 15.3. The van der Waals surface area contributed by atoms with Crippen LogP contribution < -0.4 is 10.1 Å². The first-order chi connectivity index (χ1) is 9.95. The van der Waals surface area contributed by atoms with Crippen LogP contribution in [-0.4, -0.2) is 6.10 Å². The molecule has 0 aliphatic heterocycles. The van der Waals surface area contributed by atoms with Gasteiger partial charge in [0, 0.05) is 6.04 Å². The zero-order valence-corrected chi connectivity index (χ0v) is 12.4. The molecule has 1 N–H and O–H groups in total. The summed E-state index contributed by atoms with van der Waals surface area (Å²) in [5, 5.41) is 2.97. The maximum atomic E-state index is 13.6. The Kier molecular flexibility index (Phi) is 4.78. The Bertz CT molecular complexity index is 596. The molecular formula is C17H19F2NO. The molecule has 0 amide bonds. The van der Waals surface area contributed by atoms with Gasteiger partial charge in [0.25, 0.3) is 0 Å². The Morgan fingerprint density at radius 1 is 0.952 bits per heavy atom. The van der Waals surface area contributed by atoms with Gasteiger partial charge in [0.1, 0.15) is 17.4 Å². The largest absolute Gasteiger partial charge is 0.491 e. The number of rotatable bonds is 5. The fraction of sp³-hybridized carbons (Fsp3) is 0.294. The van der Waals surface area contributed by atoms with Gasteiger partial charge in [-0.05, 0) is 56.7 Å². The van der Waals surface area contributed by atoms with Crippen molar-refractivity contribution in [3.63, 3.8) is 0 Å². The van der Waals surface area contributed by atoms with Crippen molar-refractivity contribution < 1.29 is 13.5 Å². The third-order valence-electron chi connectivity index (χ3n) is 3.05. The maximum absolute atomic E-state index is 13.6. The van der Waals surface area contributed by atoms with E-state index in [1.165, 1.54) is 0 Å². The highest BCUT2D eigenvalue weighted by molar-refractivity contribution is 5.47. The van der Waals surface area contributed by atoms with Gasteiger partial charge < -0.3 is 10.1 Å². The van der Waals surface area contributed by atoms with Gasteiger partial charge in [-0.25, -0.2) is 8.78 Å². The van der Waals surface area contributed by atoms with Crippen molar-refractivity contribution in [1.29, 1.82) is 0 Å². The first-order valence-corrected chi connectivity index (χ1v) is 6.94. The second-order valence-corrected chi connectivity index (χ2v) is 5.23. The summed E-state index contributed by atoms with van der Waals surface area (Å²) in [4.78, 5) is 0. The first-order valence-electron chi connectivity index (χ1n) is 6.94. The Balaban J connectivity index is 2.09. The van der Waals surface area contributed by atoms with Crippen LogP contribution in [0.25, 0.3) is 0 Å².